The molecule has 1 rings (SSSR count). The molecule has 0 saturated heterocycles. The SMILES string of the molecule is CCn1cc(Cl)c(C=O)n1. The summed E-state index contributed by atoms with van der Waals surface area (Å²) in [6.45, 7) is 2.66. The molecule has 0 fully saturated rings. The van der Waals surface area contributed by atoms with Crippen LogP contribution in [0.1, 0.15) is 17.4 Å². The lowest BCUT2D eigenvalue weighted by atomic mass is 10.5. The van der Waals surface area contributed by atoms with Crippen molar-refractivity contribution in [3.63, 3.8) is 0 Å². The van der Waals surface area contributed by atoms with Crippen molar-refractivity contribution in [1.82, 2.24) is 9.78 Å². The van der Waals surface area contributed by atoms with E-state index in [2.05, 4.69) is 5.10 Å². The number of carbonyl (C=O) groups excluding carboxylic acids is 1. The minimum absolute atomic E-state index is 0.309. The first-order chi connectivity index (χ1) is 4.77. The largest absolute Gasteiger partial charge is 0.296 e. The Morgan fingerprint density at radius 3 is 2.90 bits per heavy atom. The van der Waals surface area contributed by atoms with Gasteiger partial charge >= 0.3 is 0 Å². The Morgan fingerprint density at radius 1 is 1.90 bits per heavy atom. The predicted molar refractivity (Wildman–Crippen MR) is 38.3 cm³/mol. The Kier molecular flexibility index (Phi) is 2.06. The van der Waals surface area contributed by atoms with Gasteiger partial charge in [0.25, 0.3) is 0 Å². The van der Waals surface area contributed by atoms with Crippen LogP contribution in [-0.4, -0.2) is 16.1 Å². The lowest BCUT2D eigenvalue weighted by Gasteiger charge is -1.88. The number of nitrogens with zero attached hydrogens (tertiary/aromatic N) is 2. The molecule has 4 heteroatoms. The van der Waals surface area contributed by atoms with Crippen LogP contribution in [0.4, 0.5) is 0 Å². The van der Waals surface area contributed by atoms with Gasteiger partial charge < -0.3 is 0 Å². The molecule has 0 spiro atoms. The van der Waals surface area contributed by atoms with Gasteiger partial charge in [-0.25, -0.2) is 0 Å². The van der Waals surface area contributed by atoms with E-state index in [9.17, 15) is 4.79 Å². The van der Waals surface area contributed by atoms with Gasteiger partial charge in [0.05, 0.1) is 5.02 Å². The number of hydrogen-bond acceptors (Lipinski definition) is 2. The maximum absolute atomic E-state index is 10.2. The van der Waals surface area contributed by atoms with Gasteiger partial charge in [0.2, 0.25) is 0 Å². The fraction of sp³-hybridized carbons (Fsp3) is 0.333. The third-order valence-corrected chi connectivity index (χ3v) is 1.47. The number of aromatic nitrogens is 2. The summed E-state index contributed by atoms with van der Waals surface area (Å²) in [7, 11) is 0. The highest BCUT2D eigenvalue weighted by Gasteiger charge is 2.02. The minimum Gasteiger partial charge on any atom is -0.296 e. The molecule has 0 aliphatic heterocycles. The molecule has 1 aromatic rings. The summed E-state index contributed by atoms with van der Waals surface area (Å²) in [4.78, 5) is 10.2. The Balaban J connectivity index is 3.03. The van der Waals surface area contributed by atoms with E-state index in [1.54, 1.807) is 10.9 Å². The summed E-state index contributed by atoms with van der Waals surface area (Å²) in [6, 6.07) is 0. The summed E-state index contributed by atoms with van der Waals surface area (Å²) in [5.41, 5.74) is 0.309. The second-order valence-corrected chi connectivity index (χ2v) is 2.24. The number of aldehydes is 1. The molecule has 0 radical (unpaired) electrons. The normalized spacial score (nSPS) is 9.80. The number of halogens is 1. The maximum atomic E-state index is 10.2. The van der Waals surface area contributed by atoms with E-state index in [4.69, 9.17) is 11.6 Å². The van der Waals surface area contributed by atoms with Crippen LogP contribution in [-0.2, 0) is 6.54 Å². The average Bonchev–Trinajstić information content (AvgIpc) is 2.30. The molecule has 0 N–H and O–H groups in total. The standard InChI is InChI=1S/C6H7ClN2O/c1-2-9-3-5(7)6(4-10)8-9/h3-4H,2H2,1H3. The molecule has 10 heavy (non-hydrogen) atoms. The van der Waals surface area contributed by atoms with Crippen LogP contribution in [0.15, 0.2) is 6.20 Å². The van der Waals surface area contributed by atoms with E-state index < -0.39 is 0 Å². The van der Waals surface area contributed by atoms with Crippen molar-refractivity contribution in [2.45, 2.75) is 13.5 Å². The molecule has 0 saturated carbocycles. The lowest BCUT2D eigenvalue weighted by Crippen LogP contribution is -1.94. The molecule has 0 amide bonds. The van der Waals surface area contributed by atoms with E-state index in [0.717, 1.165) is 6.54 Å². The Labute approximate surface area is 63.6 Å². The van der Waals surface area contributed by atoms with E-state index in [1.165, 1.54) is 0 Å². The van der Waals surface area contributed by atoms with E-state index >= 15 is 0 Å². The second kappa shape index (κ2) is 2.84. The highest BCUT2D eigenvalue weighted by molar-refractivity contribution is 6.32. The van der Waals surface area contributed by atoms with Crippen LogP contribution in [0.5, 0.6) is 0 Å². The summed E-state index contributed by atoms with van der Waals surface area (Å²) in [5.74, 6) is 0. The van der Waals surface area contributed by atoms with Crippen LogP contribution in [0.3, 0.4) is 0 Å². The quantitative estimate of drug-likeness (QED) is 0.610. The highest BCUT2D eigenvalue weighted by atomic mass is 35.5. The zero-order chi connectivity index (χ0) is 7.56. The minimum atomic E-state index is 0.309. The van der Waals surface area contributed by atoms with Crippen LogP contribution in [0, 0.1) is 0 Å². The molecule has 1 heterocycles. The van der Waals surface area contributed by atoms with Gasteiger partial charge in [0.1, 0.15) is 5.69 Å². The third kappa shape index (κ3) is 1.19. The summed E-state index contributed by atoms with van der Waals surface area (Å²) in [6.07, 6.45) is 2.28. The number of carbonyl (C=O) groups is 1. The van der Waals surface area contributed by atoms with Gasteiger partial charge in [0.15, 0.2) is 6.29 Å². The third-order valence-electron chi connectivity index (χ3n) is 1.18. The first-order valence-electron chi connectivity index (χ1n) is 2.96. The van der Waals surface area contributed by atoms with Crippen LogP contribution in [0.2, 0.25) is 5.02 Å². The van der Waals surface area contributed by atoms with Gasteiger partial charge in [-0.05, 0) is 6.92 Å². The number of hydrogen-bond donors (Lipinski definition) is 0. The second-order valence-electron chi connectivity index (χ2n) is 1.84. The molecule has 3 nitrogen and oxygen atoms in total. The van der Waals surface area contributed by atoms with Crippen LogP contribution < -0.4 is 0 Å². The Morgan fingerprint density at radius 2 is 2.60 bits per heavy atom. The molecule has 1 aromatic heterocycles. The summed E-state index contributed by atoms with van der Waals surface area (Å²) < 4.78 is 1.62. The first kappa shape index (κ1) is 7.28. The lowest BCUT2D eigenvalue weighted by molar-refractivity contribution is 0.111. The molecule has 0 aromatic carbocycles. The van der Waals surface area contributed by atoms with Crippen LogP contribution >= 0.6 is 11.6 Å². The maximum Gasteiger partial charge on any atom is 0.171 e. The first-order valence-corrected chi connectivity index (χ1v) is 3.34. The van der Waals surface area contributed by atoms with Crippen molar-refractivity contribution in [3.05, 3.63) is 16.9 Å². The van der Waals surface area contributed by atoms with Crippen LogP contribution in [0.25, 0.3) is 0 Å². The number of aryl methyl sites for hydroxylation is 1. The highest BCUT2D eigenvalue weighted by Crippen LogP contribution is 2.10. The fourth-order valence-electron chi connectivity index (χ4n) is 0.654. The van der Waals surface area contributed by atoms with E-state index in [-0.39, 0.29) is 0 Å². The molecule has 0 aliphatic carbocycles. The Bertz CT molecular complexity index is 244. The van der Waals surface area contributed by atoms with Gasteiger partial charge in [0, 0.05) is 12.7 Å². The monoisotopic (exact) mass is 158 g/mol. The molecule has 0 unspecified atom stereocenters. The molecular formula is C6H7ClN2O. The fourth-order valence-corrected chi connectivity index (χ4v) is 0.849. The van der Waals surface area contributed by atoms with Crippen molar-refractivity contribution in [2.75, 3.05) is 0 Å². The predicted octanol–water partition coefficient (Wildman–Crippen LogP) is 1.37. The van der Waals surface area contributed by atoms with E-state index in [1.807, 2.05) is 6.92 Å². The molecule has 54 valence electrons. The van der Waals surface area contributed by atoms with Gasteiger partial charge in [-0.1, -0.05) is 11.6 Å². The average molecular weight is 159 g/mol. The summed E-state index contributed by atoms with van der Waals surface area (Å²) in [5, 5.41) is 4.28. The van der Waals surface area contributed by atoms with Gasteiger partial charge in [-0.3, -0.25) is 9.48 Å². The van der Waals surface area contributed by atoms with Gasteiger partial charge in [-0.2, -0.15) is 5.10 Å². The number of rotatable bonds is 2. The van der Waals surface area contributed by atoms with Crippen molar-refractivity contribution in [2.24, 2.45) is 0 Å². The van der Waals surface area contributed by atoms with Crippen molar-refractivity contribution in [3.8, 4) is 0 Å². The molecule has 0 bridgehead atoms. The van der Waals surface area contributed by atoms with E-state index in [0.29, 0.717) is 17.0 Å². The van der Waals surface area contributed by atoms with Crippen molar-refractivity contribution >= 4 is 17.9 Å². The zero-order valence-corrected chi connectivity index (χ0v) is 6.30. The topological polar surface area (TPSA) is 34.9 Å². The molecule has 0 aliphatic rings. The molecular weight excluding hydrogens is 152 g/mol. The van der Waals surface area contributed by atoms with Crippen molar-refractivity contribution < 1.29 is 4.79 Å². The van der Waals surface area contributed by atoms with Crippen molar-refractivity contribution in [1.29, 1.82) is 0 Å². The zero-order valence-electron chi connectivity index (χ0n) is 5.54. The smallest absolute Gasteiger partial charge is 0.171 e. The molecule has 0 atom stereocenters. The Hall–Kier alpha value is -0.830. The summed E-state index contributed by atoms with van der Waals surface area (Å²) >= 11 is 5.61. The van der Waals surface area contributed by atoms with Gasteiger partial charge in [-0.15, -0.1) is 0 Å².